The van der Waals surface area contributed by atoms with E-state index in [1.807, 2.05) is 6.07 Å². The van der Waals surface area contributed by atoms with E-state index in [1.54, 1.807) is 0 Å². The van der Waals surface area contributed by atoms with Crippen molar-refractivity contribution >= 4 is 28.9 Å². The first kappa shape index (κ1) is 25.9. The van der Waals surface area contributed by atoms with Crippen molar-refractivity contribution < 1.29 is 32.0 Å². The molecule has 1 heterocycles. The monoisotopic (exact) mass is 503 g/mol. The van der Waals surface area contributed by atoms with E-state index in [2.05, 4.69) is 11.9 Å². The predicted octanol–water partition coefficient (Wildman–Crippen LogP) is 4.59. The quantitative estimate of drug-likeness (QED) is 0.353. The maximum Gasteiger partial charge on any atom is 0.416 e. The summed E-state index contributed by atoms with van der Waals surface area (Å²) in [6, 6.07) is 8.43. The number of ether oxygens (including phenoxy) is 1. The Labute approximate surface area is 202 Å². The van der Waals surface area contributed by atoms with Crippen LogP contribution in [0.5, 0.6) is 0 Å². The Kier molecular flexibility index (Phi) is 7.57. The molecule has 2 aromatic rings. The molecule has 0 aromatic heterocycles. The van der Waals surface area contributed by atoms with Crippen LogP contribution in [-0.4, -0.2) is 29.4 Å². The number of amides is 2. The number of carbonyl (C=O) groups is 2. The number of benzene rings is 2. The van der Waals surface area contributed by atoms with Crippen molar-refractivity contribution in [3.8, 4) is 6.07 Å². The smallest absolute Gasteiger partial charge is 0.416 e. The van der Waals surface area contributed by atoms with Crippen molar-refractivity contribution in [2.24, 2.45) is 0 Å². The molecular weight excluding hydrogens is 483 g/mol. The number of nitrogens with one attached hydrogen (secondary N) is 1. The number of rotatable bonds is 6. The third kappa shape index (κ3) is 5.34. The maximum absolute atomic E-state index is 13.3. The lowest BCUT2D eigenvalue weighted by atomic mass is 9.93. The average molecular weight is 504 g/mol. The lowest BCUT2D eigenvalue weighted by molar-refractivity contribution is -0.139. The average Bonchev–Trinajstić information content (AvgIpc) is 2.81. The van der Waals surface area contributed by atoms with Gasteiger partial charge in [-0.25, -0.2) is 9.59 Å². The molecule has 0 radical (unpaired) electrons. The second-order valence-corrected chi connectivity index (χ2v) is 8.82. The van der Waals surface area contributed by atoms with Crippen LogP contribution in [0.2, 0.25) is 0 Å². The van der Waals surface area contributed by atoms with E-state index in [0.29, 0.717) is 0 Å². The fourth-order valence-corrected chi connectivity index (χ4v) is 4.49. The molecule has 0 bridgehead atoms. The number of hydrogen-bond donors (Lipinski definition) is 1. The Bertz CT molecular complexity index is 1250. The van der Waals surface area contributed by atoms with Gasteiger partial charge in [0.15, 0.2) is 4.90 Å². The summed E-state index contributed by atoms with van der Waals surface area (Å²) in [4.78, 5) is 27.3. The summed E-state index contributed by atoms with van der Waals surface area (Å²) in [5.41, 5.74) is -0.606. The molecule has 2 amide bonds. The number of esters is 1. The van der Waals surface area contributed by atoms with E-state index < -0.39 is 41.0 Å². The van der Waals surface area contributed by atoms with Gasteiger partial charge in [-0.1, -0.05) is 24.8 Å². The Morgan fingerprint density at radius 1 is 1.34 bits per heavy atom. The molecule has 0 fully saturated rings. The van der Waals surface area contributed by atoms with Crippen molar-refractivity contribution in [2.75, 3.05) is 17.8 Å². The van der Waals surface area contributed by atoms with E-state index in [-0.39, 0.29) is 39.6 Å². The molecule has 182 valence electrons. The van der Waals surface area contributed by atoms with Crippen LogP contribution in [0.4, 0.5) is 23.7 Å². The van der Waals surface area contributed by atoms with Gasteiger partial charge in [0, 0.05) is 17.3 Å². The molecule has 0 spiro atoms. The molecule has 2 atom stereocenters. The molecule has 11 heteroatoms. The van der Waals surface area contributed by atoms with Crippen molar-refractivity contribution in [1.82, 2.24) is 5.32 Å². The molecule has 2 aromatic carbocycles. The van der Waals surface area contributed by atoms with Gasteiger partial charge in [0.05, 0.1) is 34.5 Å². The number of anilines is 1. The normalized spacial score (nSPS) is 16.9. The Balaban J connectivity index is 2.22. The number of carbonyl (C=O) groups excluding carboxylic acids is 2. The highest BCUT2D eigenvalue weighted by atomic mass is 32.2. The minimum atomic E-state index is -4.64. The van der Waals surface area contributed by atoms with Gasteiger partial charge in [-0.3, -0.25) is 4.90 Å². The Hall–Kier alpha value is -3.75. The maximum atomic E-state index is 13.3. The van der Waals surface area contributed by atoms with Crippen molar-refractivity contribution in [3.05, 3.63) is 83.1 Å². The summed E-state index contributed by atoms with van der Waals surface area (Å²) >= 11 is -1.60. The van der Waals surface area contributed by atoms with Gasteiger partial charge < -0.3 is 14.6 Å². The fraction of sp³-hybridized carbons (Fsp3) is 0.208. The number of nitrogens with zero attached hydrogens (tertiary/aromatic N) is 2. The van der Waals surface area contributed by atoms with E-state index in [9.17, 15) is 32.6 Å². The zero-order valence-electron chi connectivity index (χ0n) is 18.7. The van der Waals surface area contributed by atoms with Crippen molar-refractivity contribution in [2.45, 2.75) is 24.0 Å². The number of allylic oxidation sites excluding steroid dienone is 1. The van der Waals surface area contributed by atoms with Crippen LogP contribution in [0.25, 0.3) is 0 Å². The zero-order valence-corrected chi connectivity index (χ0v) is 19.5. The lowest BCUT2D eigenvalue weighted by Crippen LogP contribution is -2.48. The number of urea groups is 1. The van der Waals surface area contributed by atoms with Crippen LogP contribution in [0, 0.1) is 11.3 Å². The minimum Gasteiger partial charge on any atom is -0.612 e. The first-order valence-electron chi connectivity index (χ1n) is 10.1. The summed E-state index contributed by atoms with van der Waals surface area (Å²) in [6.07, 6.45) is -1.92. The second kappa shape index (κ2) is 10.2. The summed E-state index contributed by atoms with van der Waals surface area (Å²) in [6.45, 7) is 4.74. The van der Waals surface area contributed by atoms with Gasteiger partial charge in [-0.15, -0.1) is 0 Å². The molecular formula is C24H20F3N3O4S. The Morgan fingerprint density at radius 2 is 2.06 bits per heavy atom. The SMILES string of the molecule is C=CCOC(=O)C1=C(C)N(c2cccc(C(F)(F)F)c2)C(=O)N[C@H]1c1ccc(C#N)cc1[S+](C)[O-]. The summed E-state index contributed by atoms with van der Waals surface area (Å²) in [7, 11) is 0. The van der Waals surface area contributed by atoms with Crippen LogP contribution in [0.15, 0.2) is 71.3 Å². The number of alkyl halides is 3. The van der Waals surface area contributed by atoms with Gasteiger partial charge in [0.25, 0.3) is 0 Å². The third-order valence-corrected chi connectivity index (χ3v) is 6.20. The predicted molar refractivity (Wildman–Crippen MR) is 123 cm³/mol. The molecule has 0 saturated carbocycles. The van der Waals surface area contributed by atoms with Gasteiger partial charge >= 0.3 is 18.2 Å². The van der Waals surface area contributed by atoms with Crippen LogP contribution in [0.3, 0.4) is 0 Å². The number of nitriles is 1. The summed E-state index contributed by atoms with van der Waals surface area (Å²) < 4.78 is 57.4. The second-order valence-electron chi connectivity index (χ2n) is 7.47. The van der Waals surface area contributed by atoms with Gasteiger partial charge in [-0.2, -0.15) is 18.4 Å². The minimum absolute atomic E-state index is 0.0318. The van der Waals surface area contributed by atoms with E-state index in [4.69, 9.17) is 4.74 Å². The first-order chi connectivity index (χ1) is 16.5. The molecule has 1 unspecified atom stereocenters. The van der Waals surface area contributed by atoms with Crippen molar-refractivity contribution in [1.29, 1.82) is 5.26 Å². The van der Waals surface area contributed by atoms with Gasteiger partial charge in [0.1, 0.15) is 12.9 Å². The van der Waals surface area contributed by atoms with E-state index in [0.717, 1.165) is 23.1 Å². The van der Waals surface area contributed by atoms with E-state index >= 15 is 0 Å². The molecule has 3 rings (SSSR count). The van der Waals surface area contributed by atoms with Crippen LogP contribution in [0.1, 0.15) is 29.7 Å². The molecule has 7 nitrogen and oxygen atoms in total. The molecule has 35 heavy (non-hydrogen) atoms. The standard InChI is InChI=1S/C24H20F3N3O4S/c1-4-10-34-22(31)20-14(2)30(17-7-5-6-16(12-17)24(25,26)27)23(32)29-21(20)18-9-8-15(13-28)11-19(18)35(3)33/h4-9,11-12,21H,1,10H2,2-3H3,(H,29,32)/t21-,35?/m0/s1. The van der Waals surface area contributed by atoms with Crippen LogP contribution < -0.4 is 10.2 Å². The van der Waals surface area contributed by atoms with Crippen molar-refractivity contribution in [3.63, 3.8) is 0 Å². The molecule has 0 saturated heterocycles. The highest BCUT2D eigenvalue weighted by Gasteiger charge is 2.40. The largest absolute Gasteiger partial charge is 0.612 e. The zero-order chi connectivity index (χ0) is 25.9. The number of halogens is 3. The first-order valence-corrected chi connectivity index (χ1v) is 11.7. The number of hydrogen-bond acceptors (Lipinski definition) is 5. The molecule has 1 aliphatic rings. The van der Waals surface area contributed by atoms with Crippen LogP contribution in [-0.2, 0) is 26.9 Å². The van der Waals surface area contributed by atoms with E-state index in [1.165, 1.54) is 43.5 Å². The lowest BCUT2D eigenvalue weighted by Gasteiger charge is -2.35. The molecule has 0 aliphatic carbocycles. The van der Waals surface area contributed by atoms with Gasteiger partial charge in [-0.05, 0) is 42.4 Å². The highest BCUT2D eigenvalue weighted by Crippen LogP contribution is 2.38. The highest BCUT2D eigenvalue weighted by molar-refractivity contribution is 7.90. The fourth-order valence-electron chi connectivity index (χ4n) is 3.68. The third-order valence-electron chi connectivity index (χ3n) is 5.23. The topological polar surface area (TPSA) is 105 Å². The van der Waals surface area contributed by atoms with Crippen LogP contribution >= 0.6 is 0 Å². The van der Waals surface area contributed by atoms with Gasteiger partial charge in [0.2, 0.25) is 0 Å². The summed E-state index contributed by atoms with van der Waals surface area (Å²) in [5, 5.41) is 11.8. The molecule has 1 aliphatic heterocycles. The molecule has 1 N–H and O–H groups in total. The summed E-state index contributed by atoms with van der Waals surface area (Å²) in [5.74, 6) is -0.846. The Morgan fingerprint density at radius 3 is 2.66 bits per heavy atom.